The molecule has 102 valence electrons. The highest BCUT2D eigenvalue weighted by Crippen LogP contribution is 2.21. The molecule has 1 saturated heterocycles. The molecule has 1 aromatic heterocycles. The first-order chi connectivity index (χ1) is 8.48. The first-order valence-electron chi connectivity index (χ1n) is 6.12. The molecular weight excluding hydrogens is 254 g/mol. The molecule has 2 N–H and O–H groups in total. The molecule has 7 heteroatoms. The third-order valence-corrected chi connectivity index (χ3v) is 4.73. The van der Waals surface area contributed by atoms with Crippen LogP contribution in [0.2, 0.25) is 0 Å². The molecule has 0 radical (unpaired) electrons. The van der Waals surface area contributed by atoms with Crippen LogP contribution < -0.4 is 10.0 Å². The summed E-state index contributed by atoms with van der Waals surface area (Å²) in [5, 5.41) is 6.95. The molecule has 1 fully saturated rings. The highest BCUT2D eigenvalue weighted by molar-refractivity contribution is 7.92. The molecule has 0 aromatic carbocycles. The molecule has 0 unspecified atom stereocenters. The van der Waals surface area contributed by atoms with Gasteiger partial charge in [-0.05, 0) is 45.7 Å². The van der Waals surface area contributed by atoms with Crippen molar-refractivity contribution in [2.75, 3.05) is 23.6 Å². The summed E-state index contributed by atoms with van der Waals surface area (Å²) < 4.78 is 31.5. The third kappa shape index (κ3) is 3.23. The van der Waals surface area contributed by atoms with Gasteiger partial charge in [0.1, 0.15) is 0 Å². The van der Waals surface area contributed by atoms with Gasteiger partial charge in [0.2, 0.25) is 15.9 Å². The summed E-state index contributed by atoms with van der Waals surface area (Å²) in [5.41, 5.74) is 1.44. The van der Waals surface area contributed by atoms with Crippen LogP contribution in [0, 0.1) is 19.8 Å². The fraction of sp³-hybridized carbons (Fsp3) is 0.727. The summed E-state index contributed by atoms with van der Waals surface area (Å²) in [6.45, 7) is 5.35. The summed E-state index contributed by atoms with van der Waals surface area (Å²) in [4.78, 5) is 0. The van der Waals surface area contributed by atoms with E-state index < -0.39 is 10.0 Å². The Morgan fingerprint density at radius 2 is 2.06 bits per heavy atom. The number of nitrogens with one attached hydrogen (secondary N) is 2. The first kappa shape index (κ1) is 13.4. The topological polar surface area (TPSA) is 84.2 Å². The molecule has 0 bridgehead atoms. The average molecular weight is 273 g/mol. The first-order valence-corrected chi connectivity index (χ1v) is 7.77. The van der Waals surface area contributed by atoms with Crippen molar-refractivity contribution in [3.05, 3.63) is 11.3 Å². The zero-order chi connectivity index (χ0) is 13.2. The summed E-state index contributed by atoms with van der Waals surface area (Å²) in [6, 6.07) is 0. The highest BCUT2D eigenvalue weighted by Gasteiger charge is 2.23. The number of aryl methyl sites for hydroxylation is 1. The van der Waals surface area contributed by atoms with Crippen LogP contribution in [-0.4, -0.2) is 32.4 Å². The average Bonchev–Trinajstić information content (AvgIpc) is 2.61. The van der Waals surface area contributed by atoms with Crippen molar-refractivity contribution in [2.45, 2.75) is 26.7 Å². The van der Waals surface area contributed by atoms with Crippen LogP contribution in [0.25, 0.3) is 0 Å². The van der Waals surface area contributed by atoms with Gasteiger partial charge < -0.3 is 9.84 Å². The van der Waals surface area contributed by atoms with E-state index in [-0.39, 0.29) is 17.6 Å². The van der Waals surface area contributed by atoms with Crippen molar-refractivity contribution in [3.63, 3.8) is 0 Å². The van der Waals surface area contributed by atoms with Crippen molar-refractivity contribution >= 4 is 15.9 Å². The predicted octanol–water partition coefficient (Wildman–Crippen LogP) is 1.03. The molecule has 18 heavy (non-hydrogen) atoms. The number of sulfonamides is 1. The lowest BCUT2D eigenvalue weighted by molar-refractivity contribution is 0.401. The second-order valence-electron chi connectivity index (χ2n) is 4.80. The van der Waals surface area contributed by atoms with Gasteiger partial charge in [-0.1, -0.05) is 5.16 Å². The Morgan fingerprint density at radius 1 is 1.39 bits per heavy atom. The molecule has 0 atom stereocenters. The molecule has 0 aliphatic carbocycles. The van der Waals surface area contributed by atoms with E-state index in [0.29, 0.717) is 5.69 Å². The number of rotatable bonds is 4. The van der Waals surface area contributed by atoms with Gasteiger partial charge in [-0.25, -0.2) is 8.42 Å². The Balaban J connectivity index is 2.00. The summed E-state index contributed by atoms with van der Waals surface area (Å²) in [7, 11) is -3.35. The third-order valence-electron chi connectivity index (χ3n) is 3.32. The van der Waals surface area contributed by atoms with Crippen molar-refractivity contribution in [3.8, 4) is 0 Å². The van der Waals surface area contributed by atoms with Gasteiger partial charge in [0.15, 0.2) is 0 Å². The fourth-order valence-electron chi connectivity index (χ4n) is 2.05. The molecule has 1 aliphatic heterocycles. The molecule has 1 aromatic rings. The van der Waals surface area contributed by atoms with Gasteiger partial charge in [0, 0.05) is 5.56 Å². The SMILES string of the molecule is Cc1noc(NS(=O)(=O)CC2CCNCC2)c1C. The van der Waals surface area contributed by atoms with Gasteiger partial charge in [-0.3, -0.25) is 4.72 Å². The van der Waals surface area contributed by atoms with Crippen LogP contribution in [0.5, 0.6) is 0 Å². The van der Waals surface area contributed by atoms with Crippen molar-refractivity contribution in [1.82, 2.24) is 10.5 Å². The Hall–Kier alpha value is -1.08. The van der Waals surface area contributed by atoms with E-state index in [2.05, 4.69) is 15.2 Å². The van der Waals surface area contributed by atoms with Gasteiger partial charge in [0.05, 0.1) is 11.4 Å². The van der Waals surface area contributed by atoms with Gasteiger partial charge in [-0.15, -0.1) is 0 Å². The number of hydrogen-bond acceptors (Lipinski definition) is 5. The molecule has 6 nitrogen and oxygen atoms in total. The minimum absolute atomic E-state index is 0.147. The monoisotopic (exact) mass is 273 g/mol. The summed E-state index contributed by atoms with van der Waals surface area (Å²) >= 11 is 0. The van der Waals surface area contributed by atoms with Gasteiger partial charge in [-0.2, -0.15) is 0 Å². The van der Waals surface area contributed by atoms with Crippen LogP contribution in [0.3, 0.4) is 0 Å². The Morgan fingerprint density at radius 3 is 2.61 bits per heavy atom. The number of aromatic nitrogens is 1. The Kier molecular flexibility index (Phi) is 3.91. The lowest BCUT2D eigenvalue weighted by Gasteiger charge is -2.22. The summed E-state index contributed by atoms with van der Waals surface area (Å²) in [5.74, 6) is 0.600. The molecule has 0 saturated carbocycles. The highest BCUT2D eigenvalue weighted by atomic mass is 32.2. The van der Waals surface area contributed by atoms with Crippen molar-refractivity contribution < 1.29 is 12.9 Å². The van der Waals surface area contributed by atoms with Gasteiger partial charge >= 0.3 is 0 Å². The van der Waals surface area contributed by atoms with Gasteiger partial charge in [0.25, 0.3) is 0 Å². The Labute approximate surface area is 107 Å². The quantitative estimate of drug-likeness (QED) is 0.856. The molecule has 2 rings (SSSR count). The molecule has 2 heterocycles. The number of nitrogens with zero attached hydrogens (tertiary/aromatic N) is 1. The number of hydrogen-bond donors (Lipinski definition) is 2. The molecular formula is C11H19N3O3S. The summed E-state index contributed by atoms with van der Waals surface area (Å²) in [6.07, 6.45) is 1.80. The van der Waals surface area contributed by atoms with Crippen LogP contribution in [-0.2, 0) is 10.0 Å². The molecule has 1 aliphatic rings. The van der Waals surface area contributed by atoms with E-state index >= 15 is 0 Å². The van der Waals surface area contributed by atoms with E-state index in [9.17, 15) is 8.42 Å². The zero-order valence-electron chi connectivity index (χ0n) is 10.7. The Bertz CT molecular complexity index is 504. The predicted molar refractivity (Wildman–Crippen MR) is 69.0 cm³/mol. The lowest BCUT2D eigenvalue weighted by atomic mass is 10.0. The zero-order valence-corrected chi connectivity index (χ0v) is 11.5. The second kappa shape index (κ2) is 5.27. The van der Waals surface area contributed by atoms with Crippen LogP contribution in [0.1, 0.15) is 24.1 Å². The van der Waals surface area contributed by atoms with E-state index in [0.717, 1.165) is 31.5 Å². The number of piperidine rings is 1. The maximum atomic E-state index is 12.0. The van der Waals surface area contributed by atoms with E-state index in [4.69, 9.17) is 4.52 Å². The minimum Gasteiger partial charge on any atom is -0.337 e. The largest absolute Gasteiger partial charge is 0.337 e. The van der Waals surface area contributed by atoms with Crippen LogP contribution in [0.15, 0.2) is 4.52 Å². The fourth-order valence-corrected chi connectivity index (χ4v) is 3.56. The maximum absolute atomic E-state index is 12.0. The van der Waals surface area contributed by atoms with Crippen LogP contribution >= 0.6 is 0 Å². The van der Waals surface area contributed by atoms with Crippen LogP contribution in [0.4, 0.5) is 5.88 Å². The smallest absolute Gasteiger partial charge is 0.241 e. The standard InChI is InChI=1S/C11H19N3O3S/c1-8-9(2)13-17-11(8)14-18(15,16)7-10-3-5-12-6-4-10/h10,12,14H,3-7H2,1-2H3. The van der Waals surface area contributed by atoms with E-state index in [1.165, 1.54) is 0 Å². The van der Waals surface area contributed by atoms with E-state index in [1.807, 2.05) is 0 Å². The number of anilines is 1. The maximum Gasteiger partial charge on any atom is 0.241 e. The molecule has 0 spiro atoms. The normalized spacial score (nSPS) is 17.9. The van der Waals surface area contributed by atoms with Crippen molar-refractivity contribution in [2.24, 2.45) is 5.92 Å². The lowest BCUT2D eigenvalue weighted by Crippen LogP contribution is -2.33. The second-order valence-corrected chi connectivity index (χ2v) is 6.57. The van der Waals surface area contributed by atoms with Crippen molar-refractivity contribution in [1.29, 1.82) is 0 Å². The minimum atomic E-state index is -3.35. The molecule has 0 amide bonds. The van der Waals surface area contributed by atoms with E-state index in [1.54, 1.807) is 13.8 Å².